The van der Waals surface area contributed by atoms with Gasteiger partial charge in [-0.15, -0.1) is 0 Å². The molecule has 0 aliphatic carbocycles. The van der Waals surface area contributed by atoms with Gasteiger partial charge in [0.25, 0.3) is 0 Å². The van der Waals surface area contributed by atoms with Gasteiger partial charge in [0.05, 0.1) is 6.04 Å². The zero-order valence-electron chi connectivity index (χ0n) is 11.5. The molecule has 1 unspecified atom stereocenters. The van der Waals surface area contributed by atoms with Gasteiger partial charge in [-0.2, -0.15) is 0 Å². The van der Waals surface area contributed by atoms with Crippen LogP contribution in [-0.2, 0) is 0 Å². The van der Waals surface area contributed by atoms with E-state index in [1.807, 2.05) is 38.1 Å². The van der Waals surface area contributed by atoms with E-state index >= 15 is 0 Å². The largest absolute Gasteiger partial charge is 0.459 e. The molecule has 3 heteroatoms. The van der Waals surface area contributed by atoms with Crippen LogP contribution in [0.2, 0.25) is 0 Å². The summed E-state index contributed by atoms with van der Waals surface area (Å²) < 4.78 is 19.1. The van der Waals surface area contributed by atoms with Gasteiger partial charge in [-0.3, -0.25) is 0 Å². The maximum atomic E-state index is 13.3. The average molecular weight is 269 g/mol. The molecule has 1 heterocycles. The van der Waals surface area contributed by atoms with Crippen LogP contribution < -0.4 is 5.73 Å². The van der Waals surface area contributed by atoms with E-state index in [1.165, 1.54) is 12.1 Å². The maximum absolute atomic E-state index is 13.3. The molecule has 2 aromatic carbocycles. The first kappa shape index (κ1) is 12.9. The first-order valence-electron chi connectivity index (χ1n) is 6.57. The van der Waals surface area contributed by atoms with E-state index in [4.69, 9.17) is 10.2 Å². The van der Waals surface area contributed by atoms with Gasteiger partial charge in [-0.1, -0.05) is 24.3 Å². The quantitative estimate of drug-likeness (QED) is 0.756. The minimum absolute atomic E-state index is 0.303. The molecule has 2 nitrogen and oxygen atoms in total. The molecule has 0 aliphatic heterocycles. The molecule has 2 N–H and O–H groups in total. The summed E-state index contributed by atoms with van der Waals surface area (Å²) in [5.41, 5.74) is 9.98. The van der Waals surface area contributed by atoms with Gasteiger partial charge in [0.2, 0.25) is 0 Å². The fourth-order valence-corrected chi connectivity index (χ4v) is 2.59. The Morgan fingerprint density at radius 2 is 1.85 bits per heavy atom. The van der Waals surface area contributed by atoms with Gasteiger partial charge < -0.3 is 10.2 Å². The van der Waals surface area contributed by atoms with E-state index < -0.39 is 0 Å². The molecule has 3 aromatic rings. The van der Waals surface area contributed by atoms with E-state index in [0.717, 1.165) is 22.1 Å². The summed E-state index contributed by atoms with van der Waals surface area (Å²) in [5.74, 6) is 0.391. The predicted octanol–water partition coefficient (Wildman–Crippen LogP) is 4.24. The Balaban J connectivity index is 2.15. The highest BCUT2D eigenvalue weighted by Crippen LogP contribution is 2.32. The van der Waals surface area contributed by atoms with Crippen LogP contribution in [0.4, 0.5) is 4.39 Å². The minimum atomic E-state index is -0.341. The Morgan fingerprint density at radius 1 is 1.10 bits per heavy atom. The summed E-state index contributed by atoms with van der Waals surface area (Å²) >= 11 is 0. The van der Waals surface area contributed by atoms with Gasteiger partial charge in [-0.25, -0.2) is 4.39 Å². The van der Waals surface area contributed by atoms with Crippen LogP contribution in [0, 0.1) is 19.7 Å². The van der Waals surface area contributed by atoms with Crippen LogP contribution in [0.1, 0.15) is 28.5 Å². The third kappa shape index (κ3) is 2.00. The molecular weight excluding hydrogens is 253 g/mol. The molecule has 3 rings (SSSR count). The molecule has 0 aliphatic rings. The number of benzene rings is 2. The first-order chi connectivity index (χ1) is 9.58. The number of furan rings is 1. The molecule has 1 atom stereocenters. The number of halogens is 1. The smallest absolute Gasteiger partial charge is 0.137 e. The lowest BCUT2D eigenvalue weighted by molar-refractivity contribution is 0.517. The number of nitrogens with two attached hydrogens (primary N) is 1. The summed E-state index contributed by atoms with van der Waals surface area (Å²) in [7, 11) is 0. The highest BCUT2D eigenvalue weighted by atomic mass is 19.1. The van der Waals surface area contributed by atoms with E-state index in [0.29, 0.717) is 11.3 Å². The van der Waals surface area contributed by atoms with Crippen LogP contribution in [0.15, 0.2) is 46.9 Å². The lowest BCUT2D eigenvalue weighted by atomic mass is 9.98. The van der Waals surface area contributed by atoms with E-state index in [-0.39, 0.29) is 11.9 Å². The molecule has 20 heavy (non-hydrogen) atoms. The zero-order chi connectivity index (χ0) is 14.3. The van der Waals surface area contributed by atoms with Crippen LogP contribution >= 0.6 is 0 Å². The second-order valence-electron chi connectivity index (χ2n) is 5.07. The number of rotatable bonds is 2. The Bertz CT molecular complexity index is 776. The highest BCUT2D eigenvalue weighted by molar-refractivity contribution is 5.82. The van der Waals surface area contributed by atoms with Crippen molar-refractivity contribution in [3.63, 3.8) is 0 Å². The van der Waals surface area contributed by atoms with Crippen molar-refractivity contribution in [1.29, 1.82) is 0 Å². The molecule has 0 radical (unpaired) electrons. The Morgan fingerprint density at radius 3 is 2.60 bits per heavy atom. The SMILES string of the molecule is Cc1ccccc1C(N)c1oc2cc(F)ccc2c1C. The molecule has 0 fully saturated rings. The Hall–Kier alpha value is -2.13. The third-order valence-electron chi connectivity index (χ3n) is 3.74. The van der Waals surface area contributed by atoms with Crippen molar-refractivity contribution in [1.82, 2.24) is 0 Å². The van der Waals surface area contributed by atoms with Crippen LogP contribution in [0.3, 0.4) is 0 Å². The molecule has 0 saturated carbocycles. The normalized spacial score (nSPS) is 12.8. The maximum Gasteiger partial charge on any atom is 0.137 e. The van der Waals surface area contributed by atoms with Gasteiger partial charge in [-0.05, 0) is 37.1 Å². The van der Waals surface area contributed by atoms with E-state index in [2.05, 4.69) is 0 Å². The molecule has 102 valence electrons. The second-order valence-corrected chi connectivity index (χ2v) is 5.07. The lowest BCUT2D eigenvalue weighted by Crippen LogP contribution is -2.13. The summed E-state index contributed by atoms with van der Waals surface area (Å²) in [6, 6.07) is 12.2. The third-order valence-corrected chi connectivity index (χ3v) is 3.74. The van der Waals surface area contributed by atoms with E-state index in [1.54, 1.807) is 6.07 Å². The van der Waals surface area contributed by atoms with Crippen molar-refractivity contribution in [3.05, 3.63) is 70.7 Å². The number of fused-ring (bicyclic) bond motifs is 1. The molecule has 0 spiro atoms. The zero-order valence-corrected chi connectivity index (χ0v) is 11.5. The Kier molecular flexibility index (Phi) is 3.07. The van der Waals surface area contributed by atoms with E-state index in [9.17, 15) is 4.39 Å². The predicted molar refractivity (Wildman–Crippen MR) is 78.1 cm³/mol. The minimum Gasteiger partial charge on any atom is -0.459 e. The first-order valence-corrected chi connectivity index (χ1v) is 6.57. The van der Waals surface area contributed by atoms with Crippen LogP contribution in [0.25, 0.3) is 11.0 Å². The van der Waals surface area contributed by atoms with Crippen molar-refractivity contribution in [2.45, 2.75) is 19.9 Å². The molecule has 1 aromatic heterocycles. The van der Waals surface area contributed by atoms with Crippen molar-refractivity contribution >= 4 is 11.0 Å². The Labute approximate surface area is 117 Å². The molecule has 0 bridgehead atoms. The fourth-order valence-electron chi connectivity index (χ4n) is 2.59. The van der Waals surface area contributed by atoms with Gasteiger partial charge in [0, 0.05) is 17.0 Å². The second kappa shape index (κ2) is 4.76. The summed E-state index contributed by atoms with van der Waals surface area (Å²) in [6.07, 6.45) is 0. The molecule has 0 amide bonds. The lowest BCUT2D eigenvalue weighted by Gasteiger charge is -2.13. The molecule has 0 saturated heterocycles. The number of aryl methyl sites for hydroxylation is 2. The highest BCUT2D eigenvalue weighted by Gasteiger charge is 2.20. The van der Waals surface area contributed by atoms with Gasteiger partial charge >= 0.3 is 0 Å². The number of hydrogen-bond acceptors (Lipinski definition) is 2. The topological polar surface area (TPSA) is 39.2 Å². The molecular formula is C17H16FNO. The fraction of sp³-hybridized carbons (Fsp3) is 0.176. The standard InChI is InChI=1S/C17H16FNO/c1-10-5-3-4-6-13(10)16(19)17-11(2)14-8-7-12(18)9-15(14)20-17/h3-9,16H,19H2,1-2H3. The van der Waals surface area contributed by atoms with Gasteiger partial charge in [0.15, 0.2) is 0 Å². The van der Waals surface area contributed by atoms with Crippen molar-refractivity contribution in [3.8, 4) is 0 Å². The monoisotopic (exact) mass is 269 g/mol. The summed E-state index contributed by atoms with van der Waals surface area (Å²) in [5, 5.41) is 0.908. The van der Waals surface area contributed by atoms with Gasteiger partial charge in [0.1, 0.15) is 17.2 Å². The average Bonchev–Trinajstić information content (AvgIpc) is 2.75. The van der Waals surface area contributed by atoms with Crippen LogP contribution in [-0.4, -0.2) is 0 Å². The van der Waals surface area contributed by atoms with Crippen molar-refractivity contribution < 1.29 is 8.81 Å². The summed E-state index contributed by atoms with van der Waals surface area (Å²) in [4.78, 5) is 0. The summed E-state index contributed by atoms with van der Waals surface area (Å²) in [6.45, 7) is 3.98. The van der Waals surface area contributed by atoms with Crippen molar-refractivity contribution in [2.75, 3.05) is 0 Å². The van der Waals surface area contributed by atoms with Crippen molar-refractivity contribution in [2.24, 2.45) is 5.73 Å². The van der Waals surface area contributed by atoms with Crippen LogP contribution in [0.5, 0.6) is 0 Å². The number of hydrogen-bond donors (Lipinski definition) is 1.